The molecule has 2 rings (SSSR count). The summed E-state index contributed by atoms with van der Waals surface area (Å²) in [7, 11) is 0. The summed E-state index contributed by atoms with van der Waals surface area (Å²) in [5, 5.41) is 2.36. The number of nitrogens with zero attached hydrogens (tertiary/aromatic N) is 3. The average molecular weight is 205 g/mol. The maximum absolute atomic E-state index is 11.4. The molecule has 0 unspecified atom stereocenters. The Hall–Kier alpha value is -2.31. The average Bonchev–Trinajstić information content (AvgIpc) is 2.16. The van der Waals surface area contributed by atoms with Gasteiger partial charge >= 0.3 is 0 Å². The third kappa shape index (κ3) is 1.80. The van der Waals surface area contributed by atoms with E-state index < -0.39 is 5.56 Å². The molecule has 2 aromatic rings. The van der Waals surface area contributed by atoms with Crippen molar-refractivity contribution in [3.05, 3.63) is 22.7 Å². The van der Waals surface area contributed by atoms with Gasteiger partial charge < -0.3 is 0 Å². The molecule has 0 aromatic carbocycles. The minimum Gasteiger partial charge on any atom is -0.296 e. The molecule has 0 bridgehead atoms. The SMILES string of the molecule is CC(=O)Nc1nc2nccnc2c(=O)[nH]1. The van der Waals surface area contributed by atoms with E-state index in [0.717, 1.165) is 0 Å². The number of carbonyl (C=O) groups is 1. The van der Waals surface area contributed by atoms with Crippen molar-refractivity contribution in [2.24, 2.45) is 0 Å². The quantitative estimate of drug-likeness (QED) is 0.663. The number of fused-ring (bicyclic) bond motifs is 1. The summed E-state index contributed by atoms with van der Waals surface area (Å²) < 4.78 is 0. The van der Waals surface area contributed by atoms with Crippen molar-refractivity contribution in [2.75, 3.05) is 5.32 Å². The zero-order chi connectivity index (χ0) is 10.8. The van der Waals surface area contributed by atoms with E-state index in [0.29, 0.717) is 0 Å². The van der Waals surface area contributed by atoms with Crippen molar-refractivity contribution in [1.29, 1.82) is 0 Å². The van der Waals surface area contributed by atoms with E-state index >= 15 is 0 Å². The predicted octanol–water partition coefficient (Wildman–Crippen LogP) is -0.329. The lowest BCUT2D eigenvalue weighted by Crippen LogP contribution is -2.17. The molecule has 0 atom stereocenters. The van der Waals surface area contributed by atoms with Gasteiger partial charge in [-0.2, -0.15) is 4.98 Å². The second kappa shape index (κ2) is 3.45. The van der Waals surface area contributed by atoms with Crippen LogP contribution in [-0.4, -0.2) is 25.8 Å². The number of anilines is 1. The van der Waals surface area contributed by atoms with Crippen molar-refractivity contribution < 1.29 is 4.79 Å². The number of aromatic amines is 1. The number of hydrogen-bond acceptors (Lipinski definition) is 5. The summed E-state index contributed by atoms with van der Waals surface area (Å²) in [6, 6.07) is 0. The van der Waals surface area contributed by atoms with Gasteiger partial charge in [-0.1, -0.05) is 0 Å². The maximum Gasteiger partial charge on any atom is 0.280 e. The third-order valence-electron chi connectivity index (χ3n) is 1.64. The van der Waals surface area contributed by atoms with E-state index in [2.05, 4.69) is 25.3 Å². The van der Waals surface area contributed by atoms with Gasteiger partial charge in [-0.3, -0.25) is 19.9 Å². The predicted molar refractivity (Wildman–Crippen MR) is 52.3 cm³/mol. The van der Waals surface area contributed by atoms with Crippen LogP contribution in [0.2, 0.25) is 0 Å². The molecule has 0 aliphatic heterocycles. The van der Waals surface area contributed by atoms with E-state index in [1.54, 1.807) is 0 Å². The summed E-state index contributed by atoms with van der Waals surface area (Å²) >= 11 is 0. The fraction of sp³-hybridized carbons (Fsp3) is 0.125. The Morgan fingerprint density at radius 3 is 2.87 bits per heavy atom. The van der Waals surface area contributed by atoms with E-state index in [1.165, 1.54) is 19.3 Å². The molecule has 2 aromatic heterocycles. The van der Waals surface area contributed by atoms with Crippen molar-refractivity contribution >= 4 is 23.0 Å². The molecular weight excluding hydrogens is 198 g/mol. The lowest BCUT2D eigenvalue weighted by Gasteiger charge is -2.00. The number of hydrogen-bond donors (Lipinski definition) is 2. The Morgan fingerprint density at radius 1 is 1.40 bits per heavy atom. The Labute approximate surface area is 83.6 Å². The monoisotopic (exact) mass is 205 g/mol. The van der Waals surface area contributed by atoms with Crippen LogP contribution in [0.4, 0.5) is 5.95 Å². The number of nitrogens with one attached hydrogen (secondary N) is 2. The standard InChI is InChI=1S/C8H7N5O2/c1-4(14)11-8-12-6-5(7(15)13-8)9-2-3-10-6/h2-3H,1H3,(H2,10,11,12,13,14,15). The maximum atomic E-state index is 11.4. The van der Waals surface area contributed by atoms with Crippen LogP contribution >= 0.6 is 0 Å². The zero-order valence-corrected chi connectivity index (χ0v) is 7.81. The van der Waals surface area contributed by atoms with Crippen LogP contribution in [0.3, 0.4) is 0 Å². The number of amides is 1. The minimum atomic E-state index is -0.433. The summed E-state index contributed by atoms with van der Waals surface area (Å²) in [5.74, 6) is -0.248. The lowest BCUT2D eigenvalue weighted by molar-refractivity contribution is -0.114. The Bertz CT molecular complexity index is 576. The van der Waals surface area contributed by atoms with Gasteiger partial charge in [0.15, 0.2) is 11.2 Å². The summed E-state index contributed by atoms with van der Waals surface area (Å²) in [6.45, 7) is 1.32. The molecule has 0 saturated carbocycles. The first-order chi connectivity index (χ1) is 7.16. The van der Waals surface area contributed by atoms with E-state index in [9.17, 15) is 9.59 Å². The Morgan fingerprint density at radius 2 is 2.13 bits per heavy atom. The summed E-state index contributed by atoms with van der Waals surface area (Å²) in [5.41, 5.74) is -0.0894. The minimum absolute atomic E-state index is 0.0699. The molecule has 76 valence electrons. The highest BCUT2D eigenvalue weighted by atomic mass is 16.1. The van der Waals surface area contributed by atoms with Gasteiger partial charge in [0, 0.05) is 19.3 Å². The van der Waals surface area contributed by atoms with Gasteiger partial charge in [0.1, 0.15) is 0 Å². The van der Waals surface area contributed by atoms with E-state index in [4.69, 9.17) is 0 Å². The molecule has 0 saturated heterocycles. The smallest absolute Gasteiger partial charge is 0.280 e. The molecule has 0 spiro atoms. The van der Waals surface area contributed by atoms with Gasteiger partial charge in [0.05, 0.1) is 0 Å². The molecule has 7 nitrogen and oxygen atoms in total. The molecule has 15 heavy (non-hydrogen) atoms. The normalized spacial score (nSPS) is 10.2. The van der Waals surface area contributed by atoms with Crippen LogP contribution in [0, 0.1) is 0 Å². The largest absolute Gasteiger partial charge is 0.296 e. The molecule has 7 heteroatoms. The third-order valence-corrected chi connectivity index (χ3v) is 1.64. The van der Waals surface area contributed by atoms with Crippen LogP contribution in [0.1, 0.15) is 6.92 Å². The fourth-order valence-electron chi connectivity index (χ4n) is 1.10. The van der Waals surface area contributed by atoms with Gasteiger partial charge in [-0.05, 0) is 0 Å². The molecule has 0 aliphatic rings. The molecule has 0 aliphatic carbocycles. The van der Waals surface area contributed by atoms with Crippen LogP contribution in [0.15, 0.2) is 17.2 Å². The number of carbonyl (C=O) groups excluding carboxylic acids is 1. The summed E-state index contributed by atoms with van der Waals surface area (Å²) in [4.78, 5) is 36.2. The van der Waals surface area contributed by atoms with Crippen LogP contribution in [0.25, 0.3) is 11.2 Å². The van der Waals surface area contributed by atoms with E-state index in [1.807, 2.05) is 0 Å². The highest BCUT2D eigenvalue weighted by molar-refractivity contribution is 5.87. The molecule has 2 N–H and O–H groups in total. The second-order valence-corrected chi connectivity index (χ2v) is 2.82. The Kier molecular flexibility index (Phi) is 2.13. The molecule has 0 fully saturated rings. The molecule has 0 radical (unpaired) electrons. The first-order valence-electron chi connectivity index (χ1n) is 4.15. The zero-order valence-electron chi connectivity index (χ0n) is 7.81. The van der Waals surface area contributed by atoms with E-state index in [-0.39, 0.29) is 23.0 Å². The van der Waals surface area contributed by atoms with Gasteiger partial charge in [0.2, 0.25) is 11.9 Å². The molecular formula is C8H7N5O2. The second-order valence-electron chi connectivity index (χ2n) is 2.82. The van der Waals surface area contributed by atoms with Crippen LogP contribution in [-0.2, 0) is 4.79 Å². The number of rotatable bonds is 1. The van der Waals surface area contributed by atoms with Gasteiger partial charge in [-0.15, -0.1) is 0 Å². The van der Waals surface area contributed by atoms with Crippen molar-refractivity contribution in [1.82, 2.24) is 19.9 Å². The summed E-state index contributed by atoms with van der Waals surface area (Å²) in [6.07, 6.45) is 2.82. The Balaban J connectivity index is 2.62. The van der Waals surface area contributed by atoms with Crippen molar-refractivity contribution in [3.63, 3.8) is 0 Å². The topological polar surface area (TPSA) is 101 Å². The molecule has 1 amide bonds. The first-order valence-corrected chi connectivity index (χ1v) is 4.15. The lowest BCUT2D eigenvalue weighted by atomic mass is 10.5. The van der Waals surface area contributed by atoms with Gasteiger partial charge in [-0.25, -0.2) is 9.97 Å². The van der Waals surface area contributed by atoms with Gasteiger partial charge in [0.25, 0.3) is 5.56 Å². The molecule has 2 heterocycles. The fourth-order valence-corrected chi connectivity index (χ4v) is 1.10. The number of aromatic nitrogens is 4. The highest BCUT2D eigenvalue weighted by Crippen LogP contribution is 2.01. The van der Waals surface area contributed by atoms with Crippen LogP contribution in [0.5, 0.6) is 0 Å². The highest BCUT2D eigenvalue weighted by Gasteiger charge is 2.05. The van der Waals surface area contributed by atoms with Crippen molar-refractivity contribution in [2.45, 2.75) is 6.92 Å². The van der Waals surface area contributed by atoms with Crippen molar-refractivity contribution in [3.8, 4) is 0 Å². The number of H-pyrrole nitrogens is 1. The van der Waals surface area contributed by atoms with Crippen LogP contribution < -0.4 is 10.9 Å². The first kappa shape index (κ1) is 9.25.